The molecule has 0 bridgehead atoms. The third-order valence-electron chi connectivity index (χ3n) is 5.48. The molecule has 200 valence electrons. The van der Waals surface area contributed by atoms with Gasteiger partial charge < -0.3 is 14.9 Å². The molecule has 0 aliphatic carbocycles. The fourth-order valence-electron chi connectivity index (χ4n) is 3.46. The van der Waals surface area contributed by atoms with E-state index in [1.807, 2.05) is 12.1 Å². The lowest BCUT2D eigenvalue weighted by atomic mass is 10.2. The molecular weight excluding hydrogens is 537 g/mol. The van der Waals surface area contributed by atoms with Crippen LogP contribution in [0, 0.1) is 0 Å². The number of alkyl halides is 3. The number of carboxylic acid groups (broad SMARTS) is 1. The highest BCUT2D eigenvalue weighted by atomic mass is 32.2. The number of hydrogen-bond donors (Lipinski definition) is 1. The fraction of sp³-hybridized carbons (Fsp3) is 0.381. The Kier molecular flexibility index (Phi) is 8.98. The number of carbonyl (C=O) groups is 2. The molecule has 16 heteroatoms. The van der Waals surface area contributed by atoms with Gasteiger partial charge in [-0.3, -0.25) is 9.78 Å². The molecule has 1 fully saturated rings. The minimum absolute atomic E-state index is 0.0417. The Hall–Kier alpha value is -3.37. The van der Waals surface area contributed by atoms with Crippen LogP contribution in [0.1, 0.15) is 6.42 Å². The van der Waals surface area contributed by atoms with Crippen molar-refractivity contribution in [2.45, 2.75) is 17.5 Å². The van der Waals surface area contributed by atoms with Crippen molar-refractivity contribution in [3.05, 3.63) is 42.7 Å². The van der Waals surface area contributed by atoms with E-state index in [0.717, 1.165) is 30.5 Å². The molecule has 4 rings (SSSR count). The number of benzene rings is 1. The third-order valence-corrected chi connectivity index (χ3v) is 7.91. The predicted molar refractivity (Wildman–Crippen MR) is 129 cm³/mol. The minimum atomic E-state index is -5.08. The van der Waals surface area contributed by atoms with Crippen LogP contribution in [0.2, 0.25) is 0 Å². The first-order valence-electron chi connectivity index (χ1n) is 10.8. The largest absolute Gasteiger partial charge is 0.490 e. The maximum Gasteiger partial charge on any atom is 0.490 e. The number of piperazine rings is 1. The van der Waals surface area contributed by atoms with Crippen molar-refractivity contribution in [3.63, 3.8) is 0 Å². The van der Waals surface area contributed by atoms with Crippen molar-refractivity contribution in [1.29, 1.82) is 0 Å². The van der Waals surface area contributed by atoms with Crippen LogP contribution in [-0.2, 0) is 19.6 Å². The number of rotatable bonds is 6. The van der Waals surface area contributed by atoms with Crippen molar-refractivity contribution >= 4 is 50.3 Å². The number of carboxylic acids is 1. The minimum Gasteiger partial charge on any atom is -0.475 e. The quantitative estimate of drug-likeness (QED) is 0.480. The lowest BCUT2D eigenvalue weighted by Crippen LogP contribution is -2.49. The second-order valence-electron chi connectivity index (χ2n) is 7.84. The standard InChI is InChI=1S/C19H22N6O3S2.C2HF3O2/c1-23(30(27,28)17-4-2-3-16-19(17)22-29-21-16)10-7-18(26)25-13-11-24(12-14-25)15-5-8-20-9-6-15;3-2(4,5)1(6)7/h2-6,8-9H,7,10-14H2,1H3;(H,6,7). The topological polar surface area (TPSA) is 137 Å². The summed E-state index contributed by atoms with van der Waals surface area (Å²) in [4.78, 5) is 29.7. The highest BCUT2D eigenvalue weighted by Gasteiger charge is 2.38. The molecule has 0 saturated carbocycles. The number of nitrogens with zero attached hydrogens (tertiary/aromatic N) is 6. The molecule has 1 amide bonds. The van der Waals surface area contributed by atoms with Gasteiger partial charge in [-0.05, 0) is 24.3 Å². The van der Waals surface area contributed by atoms with Gasteiger partial charge in [0, 0.05) is 64.3 Å². The average Bonchev–Trinajstić information content (AvgIpc) is 3.36. The van der Waals surface area contributed by atoms with Crippen LogP contribution in [0.25, 0.3) is 11.0 Å². The van der Waals surface area contributed by atoms with Gasteiger partial charge in [0.1, 0.15) is 15.9 Å². The molecule has 1 aromatic carbocycles. The Morgan fingerprint density at radius 1 is 1.08 bits per heavy atom. The zero-order valence-corrected chi connectivity index (χ0v) is 21.1. The van der Waals surface area contributed by atoms with E-state index in [1.165, 1.54) is 17.4 Å². The van der Waals surface area contributed by atoms with Gasteiger partial charge in [-0.1, -0.05) is 6.07 Å². The van der Waals surface area contributed by atoms with Gasteiger partial charge in [0.2, 0.25) is 15.9 Å². The van der Waals surface area contributed by atoms with Crippen LogP contribution < -0.4 is 4.90 Å². The second-order valence-corrected chi connectivity index (χ2v) is 10.4. The van der Waals surface area contributed by atoms with Gasteiger partial charge in [0.15, 0.2) is 0 Å². The molecule has 0 spiro atoms. The smallest absolute Gasteiger partial charge is 0.475 e. The van der Waals surface area contributed by atoms with Crippen LogP contribution in [0.3, 0.4) is 0 Å². The van der Waals surface area contributed by atoms with Crippen molar-refractivity contribution in [2.75, 3.05) is 44.7 Å². The maximum atomic E-state index is 13.0. The van der Waals surface area contributed by atoms with E-state index >= 15 is 0 Å². The van der Waals surface area contributed by atoms with Crippen molar-refractivity contribution < 1.29 is 36.3 Å². The van der Waals surface area contributed by atoms with Crippen LogP contribution >= 0.6 is 11.7 Å². The summed E-state index contributed by atoms with van der Waals surface area (Å²) in [6.45, 7) is 2.81. The van der Waals surface area contributed by atoms with Gasteiger partial charge in [-0.2, -0.15) is 21.9 Å². The number of aromatic nitrogens is 3. The third kappa shape index (κ3) is 7.11. The SMILES string of the molecule is CN(CCC(=O)N1CCN(c2ccncc2)CC1)S(=O)(=O)c1cccc2nsnc12.O=C(O)C(F)(F)F. The summed E-state index contributed by atoms with van der Waals surface area (Å²) in [6, 6.07) is 8.81. The number of amides is 1. The first kappa shape index (κ1) is 28.2. The summed E-state index contributed by atoms with van der Waals surface area (Å²) in [5, 5.41) is 7.12. The normalized spacial score (nSPS) is 14.4. The summed E-state index contributed by atoms with van der Waals surface area (Å²) < 4.78 is 67.1. The maximum absolute atomic E-state index is 13.0. The number of fused-ring (bicyclic) bond motifs is 1. The van der Waals surface area contributed by atoms with Gasteiger partial charge in [0.25, 0.3) is 0 Å². The van der Waals surface area contributed by atoms with Gasteiger partial charge in [-0.25, -0.2) is 17.5 Å². The van der Waals surface area contributed by atoms with E-state index in [2.05, 4.69) is 18.6 Å². The molecule has 0 radical (unpaired) electrons. The van der Waals surface area contributed by atoms with E-state index in [4.69, 9.17) is 9.90 Å². The van der Waals surface area contributed by atoms with E-state index < -0.39 is 22.2 Å². The summed E-state index contributed by atoms with van der Waals surface area (Å²) in [5.41, 5.74) is 2.01. The molecule has 1 N–H and O–H groups in total. The number of anilines is 1. The summed E-state index contributed by atoms with van der Waals surface area (Å²) >= 11 is 0.979. The molecule has 0 unspecified atom stereocenters. The Balaban J connectivity index is 0.000000479. The van der Waals surface area contributed by atoms with Gasteiger partial charge >= 0.3 is 12.1 Å². The zero-order chi connectivity index (χ0) is 27.2. The summed E-state index contributed by atoms with van der Waals surface area (Å²) in [7, 11) is -2.27. The molecule has 1 aliphatic rings. The lowest BCUT2D eigenvalue weighted by Gasteiger charge is -2.36. The highest BCUT2D eigenvalue weighted by molar-refractivity contribution is 7.89. The Bertz CT molecular complexity index is 1330. The van der Waals surface area contributed by atoms with Crippen molar-refractivity contribution in [2.24, 2.45) is 0 Å². The van der Waals surface area contributed by atoms with Crippen molar-refractivity contribution in [3.8, 4) is 0 Å². The molecule has 3 heterocycles. The second kappa shape index (κ2) is 11.8. The highest BCUT2D eigenvalue weighted by Crippen LogP contribution is 2.24. The monoisotopic (exact) mass is 560 g/mol. The van der Waals surface area contributed by atoms with Gasteiger partial charge in [0.05, 0.1) is 11.7 Å². The van der Waals surface area contributed by atoms with Crippen molar-refractivity contribution in [1.82, 2.24) is 22.9 Å². The zero-order valence-electron chi connectivity index (χ0n) is 19.5. The Morgan fingerprint density at radius 2 is 1.70 bits per heavy atom. The van der Waals surface area contributed by atoms with Crippen LogP contribution in [-0.4, -0.2) is 94.3 Å². The Labute approximate surface area is 214 Å². The van der Waals surface area contributed by atoms with Gasteiger partial charge in [-0.15, -0.1) is 0 Å². The summed E-state index contributed by atoms with van der Waals surface area (Å²) in [6.07, 6.45) is -1.44. The average molecular weight is 561 g/mol. The molecule has 1 saturated heterocycles. The van der Waals surface area contributed by atoms with Crippen LogP contribution in [0.5, 0.6) is 0 Å². The number of carbonyl (C=O) groups excluding carboxylic acids is 1. The molecule has 2 aromatic heterocycles. The van der Waals surface area contributed by atoms with E-state index in [-0.39, 0.29) is 23.8 Å². The summed E-state index contributed by atoms with van der Waals surface area (Å²) in [5.74, 6) is -2.80. The predicted octanol–water partition coefficient (Wildman–Crippen LogP) is 2.08. The van der Waals surface area contributed by atoms with E-state index in [1.54, 1.807) is 29.4 Å². The molecule has 37 heavy (non-hydrogen) atoms. The number of aliphatic carboxylic acids is 1. The molecule has 3 aromatic rings. The first-order chi connectivity index (χ1) is 17.4. The van der Waals surface area contributed by atoms with E-state index in [0.29, 0.717) is 24.1 Å². The van der Waals surface area contributed by atoms with Crippen LogP contribution in [0.15, 0.2) is 47.6 Å². The number of pyridine rings is 1. The molecule has 0 atom stereocenters. The van der Waals surface area contributed by atoms with E-state index in [9.17, 15) is 26.4 Å². The molecule has 1 aliphatic heterocycles. The number of halogens is 3. The lowest BCUT2D eigenvalue weighted by molar-refractivity contribution is -0.192. The molecular formula is C21H23F3N6O5S2. The number of sulfonamides is 1. The Morgan fingerprint density at radius 3 is 2.30 bits per heavy atom. The van der Waals surface area contributed by atoms with Crippen LogP contribution in [0.4, 0.5) is 18.9 Å². The first-order valence-corrected chi connectivity index (χ1v) is 13.0. The molecule has 11 nitrogen and oxygen atoms in total. The fourth-order valence-corrected chi connectivity index (χ4v) is 5.38. The number of hydrogen-bond acceptors (Lipinski definition) is 9.